The molecule has 2 saturated carbocycles. The number of rotatable bonds is 2. The summed E-state index contributed by atoms with van der Waals surface area (Å²) in [5.74, 6) is 2.32. The summed E-state index contributed by atoms with van der Waals surface area (Å²) in [6.45, 7) is 0. The van der Waals surface area contributed by atoms with Gasteiger partial charge in [-0.25, -0.2) is 4.39 Å². The quantitative estimate of drug-likeness (QED) is 0.910. The molecule has 1 aromatic carbocycles. The van der Waals surface area contributed by atoms with E-state index in [0.29, 0.717) is 17.3 Å². The Bertz CT molecular complexity index is 666. The predicted molar refractivity (Wildman–Crippen MR) is 76.6 cm³/mol. The second-order valence-electron chi connectivity index (χ2n) is 6.03. The molecule has 3 nitrogen and oxygen atoms in total. The summed E-state index contributed by atoms with van der Waals surface area (Å²) in [7, 11) is 1.83. The molecule has 2 N–H and O–H groups in total. The third kappa shape index (κ3) is 1.54. The summed E-state index contributed by atoms with van der Waals surface area (Å²) in [6.07, 6.45) is 3.88. The molecule has 20 heavy (non-hydrogen) atoms. The van der Waals surface area contributed by atoms with Crippen molar-refractivity contribution < 1.29 is 4.39 Å². The normalized spacial score (nSPS) is 27.6. The summed E-state index contributed by atoms with van der Waals surface area (Å²) in [5.41, 5.74) is 8.55. The number of fused-ring (bicyclic) bond motifs is 1. The van der Waals surface area contributed by atoms with Crippen LogP contribution in [0.1, 0.15) is 30.9 Å². The lowest BCUT2D eigenvalue weighted by Gasteiger charge is -2.06. The summed E-state index contributed by atoms with van der Waals surface area (Å²) < 4.78 is 15.8. The third-order valence-corrected chi connectivity index (χ3v) is 4.98. The van der Waals surface area contributed by atoms with Gasteiger partial charge in [0.25, 0.3) is 0 Å². The second-order valence-corrected chi connectivity index (χ2v) is 6.03. The highest BCUT2D eigenvalue weighted by Gasteiger charge is 2.55. The lowest BCUT2D eigenvalue weighted by atomic mass is 9.99. The highest BCUT2D eigenvalue weighted by atomic mass is 19.1. The zero-order valence-corrected chi connectivity index (χ0v) is 11.5. The molecule has 1 heterocycles. The Morgan fingerprint density at radius 2 is 1.95 bits per heavy atom. The van der Waals surface area contributed by atoms with E-state index in [0.717, 1.165) is 23.1 Å². The molecule has 0 bridgehead atoms. The molecule has 4 heteroatoms. The average Bonchev–Trinajstić information content (AvgIpc) is 2.78. The second kappa shape index (κ2) is 4.08. The summed E-state index contributed by atoms with van der Waals surface area (Å²) in [6, 6.07) is 6.84. The number of hydrogen-bond donors (Lipinski definition) is 1. The van der Waals surface area contributed by atoms with Crippen molar-refractivity contribution in [1.29, 1.82) is 0 Å². The van der Waals surface area contributed by atoms with Gasteiger partial charge in [0, 0.05) is 18.5 Å². The van der Waals surface area contributed by atoms with Gasteiger partial charge in [0.05, 0.1) is 11.3 Å². The zero-order chi connectivity index (χ0) is 13.9. The van der Waals surface area contributed by atoms with E-state index in [1.807, 2.05) is 13.1 Å². The minimum absolute atomic E-state index is 0.223. The van der Waals surface area contributed by atoms with Crippen LogP contribution < -0.4 is 5.73 Å². The summed E-state index contributed by atoms with van der Waals surface area (Å²) in [4.78, 5) is 0. The number of nitrogens with two attached hydrogens (primary N) is 1. The number of nitrogen functional groups attached to an aromatic ring is 1. The third-order valence-electron chi connectivity index (χ3n) is 4.98. The van der Waals surface area contributed by atoms with Crippen LogP contribution in [0.3, 0.4) is 0 Å². The van der Waals surface area contributed by atoms with Gasteiger partial charge in [-0.1, -0.05) is 24.6 Å². The first kappa shape index (κ1) is 11.9. The van der Waals surface area contributed by atoms with Gasteiger partial charge in [-0.15, -0.1) is 0 Å². The molecule has 2 aromatic rings. The number of aryl methyl sites for hydroxylation is 1. The van der Waals surface area contributed by atoms with Crippen LogP contribution >= 0.6 is 0 Å². The SMILES string of the molecule is Cn1nc(C2C3CCCC32)c(-c2ccccc2F)c1N. The molecule has 104 valence electrons. The van der Waals surface area contributed by atoms with Crippen LogP contribution in [-0.2, 0) is 7.05 Å². The van der Waals surface area contributed by atoms with Crippen molar-refractivity contribution in [2.45, 2.75) is 25.2 Å². The molecule has 0 saturated heterocycles. The molecule has 2 atom stereocenters. The van der Waals surface area contributed by atoms with E-state index in [1.54, 1.807) is 16.8 Å². The molecular weight excluding hydrogens is 253 g/mol. The number of anilines is 1. The average molecular weight is 271 g/mol. The number of aromatic nitrogens is 2. The van der Waals surface area contributed by atoms with E-state index < -0.39 is 0 Å². The van der Waals surface area contributed by atoms with Gasteiger partial charge in [-0.3, -0.25) is 4.68 Å². The van der Waals surface area contributed by atoms with Crippen molar-refractivity contribution in [2.75, 3.05) is 5.73 Å². The summed E-state index contributed by atoms with van der Waals surface area (Å²) in [5, 5.41) is 4.60. The lowest BCUT2D eigenvalue weighted by Crippen LogP contribution is -1.98. The molecule has 2 fully saturated rings. The Hall–Kier alpha value is -1.84. The largest absolute Gasteiger partial charge is 0.383 e. The zero-order valence-electron chi connectivity index (χ0n) is 11.5. The van der Waals surface area contributed by atoms with E-state index >= 15 is 0 Å². The molecule has 0 radical (unpaired) electrons. The van der Waals surface area contributed by atoms with Crippen LogP contribution in [0.5, 0.6) is 0 Å². The van der Waals surface area contributed by atoms with Gasteiger partial charge in [-0.05, 0) is 30.7 Å². The van der Waals surface area contributed by atoms with Gasteiger partial charge >= 0.3 is 0 Å². The van der Waals surface area contributed by atoms with E-state index in [-0.39, 0.29) is 5.82 Å². The molecule has 2 aliphatic rings. The van der Waals surface area contributed by atoms with Crippen molar-refractivity contribution in [1.82, 2.24) is 9.78 Å². The molecule has 0 amide bonds. The van der Waals surface area contributed by atoms with E-state index in [2.05, 4.69) is 5.10 Å². The van der Waals surface area contributed by atoms with Crippen LogP contribution in [0.25, 0.3) is 11.1 Å². The molecule has 2 unspecified atom stereocenters. The Kier molecular flexibility index (Phi) is 2.43. The van der Waals surface area contributed by atoms with Gasteiger partial charge in [0.2, 0.25) is 0 Å². The monoisotopic (exact) mass is 271 g/mol. The molecule has 2 aliphatic carbocycles. The fraction of sp³-hybridized carbons (Fsp3) is 0.438. The lowest BCUT2D eigenvalue weighted by molar-refractivity contribution is 0.630. The van der Waals surface area contributed by atoms with Crippen LogP contribution in [0.4, 0.5) is 10.2 Å². The summed E-state index contributed by atoms with van der Waals surface area (Å²) >= 11 is 0. The topological polar surface area (TPSA) is 43.8 Å². The van der Waals surface area contributed by atoms with Gasteiger partial charge in [0.15, 0.2) is 0 Å². The first-order chi connectivity index (χ1) is 9.68. The van der Waals surface area contributed by atoms with Crippen molar-refractivity contribution in [3.8, 4) is 11.1 Å². The van der Waals surface area contributed by atoms with Crippen molar-refractivity contribution >= 4 is 5.82 Å². The molecule has 4 rings (SSSR count). The Balaban J connectivity index is 1.85. The van der Waals surface area contributed by atoms with Gasteiger partial charge in [-0.2, -0.15) is 5.10 Å². The van der Waals surface area contributed by atoms with E-state index in [4.69, 9.17) is 5.73 Å². The van der Waals surface area contributed by atoms with Crippen LogP contribution in [0.2, 0.25) is 0 Å². The molecular formula is C16H18FN3. The number of halogens is 1. The molecule has 0 spiro atoms. The first-order valence-electron chi connectivity index (χ1n) is 7.25. The van der Waals surface area contributed by atoms with Crippen molar-refractivity contribution in [3.05, 3.63) is 35.8 Å². The molecule has 0 aliphatic heterocycles. The van der Waals surface area contributed by atoms with E-state index in [9.17, 15) is 4.39 Å². The van der Waals surface area contributed by atoms with Crippen LogP contribution in [0, 0.1) is 17.7 Å². The van der Waals surface area contributed by atoms with Crippen LogP contribution in [0.15, 0.2) is 24.3 Å². The minimum Gasteiger partial charge on any atom is -0.383 e. The highest BCUT2D eigenvalue weighted by Crippen LogP contribution is 2.64. The Morgan fingerprint density at radius 1 is 1.25 bits per heavy atom. The Morgan fingerprint density at radius 3 is 2.65 bits per heavy atom. The maximum atomic E-state index is 14.1. The van der Waals surface area contributed by atoms with Crippen molar-refractivity contribution in [3.63, 3.8) is 0 Å². The van der Waals surface area contributed by atoms with Crippen LogP contribution in [-0.4, -0.2) is 9.78 Å². The minimum atomic E-state index is -0.223. The first-order valence-corrected chi connectivity index (χ1v) is 7.25. The number of benzene rings is 1. The fourth-order valence-corrected chi connectivity index (χ4v) is 3.96. The fourth-order valence-electron chi connectivity index (χ4n) is 3.96. The number of nitrogens with zero attached hydrogens (tertiary/aromatic N) is 2. The maximum absolute atomic E-state index is 14.1. The standard InChI is InChI=1S/C16H18FN3/c1-20-16(18)14(11-5-2-3-8-12(11)17)15(19-20)13-9-6-4-7-10(9)13/h2-3,5,8-10,13H,4,6-7,18H2,1H3. The van der Waals surface area contributed by atoms with Crippen molar-refractivity contribution in [2.24, 2.45) is 18.9 Å². The number of hydrogen-bond acceptors (Lipinski definition) is 2. The maximum Gasteiger partial charge on any atom is 0.131 e. The van der Waals surface area contributed by atoms with Gasteiger partial charge < -0.3 is 5.73 Å². The highest BCUT2D eigenvalue weighted by molar-refractivity contribution is 5.78. The smallest absolute Gasteiger partial charge is 0.131 e. The van der Waals surface area contributed by atoms with E-state index in [1.165, 1.54) is 25.3 Å². The molecule has 1 aromatic heterocycles. The Labute approximate surface area is 117 Å². The van der Waals surface area contributed by atoms with Gasteiger partial charge in [0.1, 0.15) is 11.6 Å². The predicted octanol–water partition coefficient (Wildman–Crippen LogP) is 3.32.